The Labute approximate surface area is 103 Å². The van der Waals surface area contributed by atoms with Crippen LogP contribution in [0.4, 0.5) is 0 Å². The van der Waals surface area contributed by atoms with E-state index in [2.05, 4.69) is 13.8 Å². The summed E-state index contributed by atoms with van der Waals surface area (Å²) in [5.74, 6) is 0.960. The average molecular weight is 253 g/mol. The van der Waals surface area contributed by atoms with E-state index in [0.29, 0.717) is 17.9 Å². The molecule has 3 heteroatoms. The second kappa shape index (κ2) is 6.98. The Hall–Kier alpha value is 0.540. The van der Waals surface area contributed by atoms with Crippen molar-refractivity contribution in [2.24, 2.45) is 5.92 Å². The number of ether oxygens (including phenoxy) is 1. The van der Waals surface area contributed by atoms with E-state index in [0.717, 1.165) is 19.3 Å². The Kier molecular flexibility index (Phi) is 6.33. The Morgan fingerprint density at radius 3 is 2.60 bits per heavy atom. The van der Waals surface area contributed by atoms with Gasteiger partial charge < -0.3 is 4.74 Å². The molecular formula is C12H22Cl2O. The second-order valence-electron chi connectivity index (χ2n) is 4.42. The Morgan fingerprint density at radius 2 is 2.07 bits per heavy atom. The molecule has 1 heterocycles. The number of hydrogen-bond acceptors (Lipinski definition) is 1. The predicted molar refractivity (Wildman–Crippen MR) is 66.9 cm³/mol. The first-order chi connectivity index (χ1) is 7.22. The molecule has 0 saturated carbocycles. The summed E-state index contributed by atoms with van der Waals surface area (Å²) in [4.78, 5) is 0. The summed E-state index contributed by atoms with van der Waals surface area (Å²) in [6.07, 6.45) is 6.15. The lowest BCUT2D eigenvalue weighted by molar-refractivity contribution is -0.0802. The van der Waals surface area contributed by atoms with Crippen molar-refractivity contribution in [1.82, 2.24) is 0 Å². The molecule has 15 heavy (non-hydrogen) atoms. The van der Waals surface area contributed by atoms with Crippen LogP contribution in [0.5, 0.6) is 0 Å². The predicted octanol–water partition coefficient (Wildman–Crippen LogP) is 4.21. The lowest BCUT2D eigenvalue weighted by atomic mass is 9.89. The minimum Gasteiger partial charge on any atom is -0.375 e. The van der Waals surface area contributed by atoms with E-state index in [1.165, 1.54) is 12.8 Å². The highest BCUT2D eigenvalue weighted by Gasteiger charge is 2.35. The third kappa shape index (κ3) is 3.80. The first-order valence-electron chi connectivity index (χ1n) is 6.08. The molecule has 0 radical (unpaired) electrons. The van der Waals surface area contributed by atoms with E-state index in [9.17, 15) is 0 Å². The summed E-state index contributed by atoms with van der Waals surface area (Å²) in [6.45, 7) is 4.36. The maximum atomic E-state index is 6.37. The van der Waals surface area contributed by atoms with Crippen LogP contribution in [-0.2, 0) is 4.74 Å². The van der Waals surface area contributed by atoms with Gasteiger partial charge in [0.15, 0.2) is 0 Å². The number of hydrogen-bond donors (Lipinski definition) is 0. The lowest BCUT2D eigenvalue weighted by Gasteiger charge is -2.38. The van der Waals surface area contributed by atoms with Gasteiger partial charge >= 0.3 is 0 Å². The molecule has 4 atom stereocenters. The van der Waals surface area contributed by atoms with E-state index in [4.69, 9.17) is 27.9 Å². The molecule has 0 aromatic heterocycles. The first kappa shape index (κ1) is 13.6. The van der Waals surface area contributed by atoms with Crippen LogP contribution in [0.2, 0.25) is 0 Å². The van der Waals surface area contributed by atoms with Gasteiger partial charge in [0.2, 0.25) is 0 Å². The quantitative estimate of drug-likeness (QED) is 0.667. The minimum absolute atomic E-state index is 0.197. The van der Waals surface area contributed by atoms with Gasteiger partial charge in [0.1, 0.15) is 0 Å². The van der Waals surface area contributed by atoms with E-state index in [1.54, 1.807) is 0 Å². The van der Waals surface area contributed by atoms with Crippen LogP contribution >= 0.6 is 23.2 Å². The fourth-order valence-corrected chi connectivity index (χ4v) is 3.16. The summed E-state index contributed by atoms with van der Waals surface area (Å²) in [7, 11) is 0. The molecule has 0 spiro atoms. The molecule has 0 unspecified atom stereocenters. The molecule has 1 aliphatic rings. The van der Waals surface area contributed by atoms with Gasteiger partial charge in [-0.2, -0.15) is 0 Å². The van der Waals surface area contributed by atoms with E-state index in [1.807, 2.05) is 0 Å². The highest BCUT2D eigenvalue weighted by molar-refractivity contribution is 6.22. The molecule has 0 aromatic carbocycles. The SMILES string of the molecule is CCCC[C@H]1O[C@@H](CC)C[C@@H](Cl)[C@@H]1CCl. The van der Waals surface area contributed by atoms with E-state index in [-0.39, 0.29) is 11.5 Å². The maximum Gasteiger partial charge on any atom is 0.0632 e. The van der Waals surface area contributed by atoms with Gasteiger partial charge in [-0.05, 0) is 19.3 Å². The third-order valence-corrected chi connectivity index (χ3v) is 4.13. The smallest absolute Gasteiger partial charge is 0.0632 e. The molecule has 0 amide bonds. The van der Waals surface area contributed by atoms with Crippen molar-refractivity contribution in [2.75, 3.05) is 5.88 Å². The lowest BCUT2D eigenvalue weighted by Crippen LogP contribution is -2.42. The first-order valence-corrected chi connectivity index (χ1v) is 7.05. The van der Waals surface area contributed by atoms with Crippen LogP contribution in [0.3, 0.4) is 0 Å². The van der Waals surface area contributed by atoms with Crippen LogP contribution in [0.1, 0.15) is 46.0 Å². The maximum absolute atomic E-state index is 6.37. The van der Waals surface area contributed by atoms with Crippen molar-refractivity contribution in [1.29, 1.82) is 0 Å². The van der Waals surface area contributed by atoms with Gasteiger partial charge in [0.25, 0.3) is 0 Å². The Morgan fingerprint density at radius 1 is 1.33 bits per heavy atom. The van der Waals surface area contributed by atoms with Crippen LogP contribution < -0.4 is 0 Å². The summed E-state index contributed by atoms with van der Waals surface area (Å²) in [6, 6.07) is 0. The zero-order valence-electron chi connectivity index (χ0n) is 9.72. The van der Waals surface area contributed by atoms with Gasteiger partial charge in [-0.3, -0.25) is 0 Å². The van der Waals surface area contributed by atoms with Crippen molar-refractivity contribution in [3.63, 3.8) is 0 Å². The van der Waals surface area contributed by atoms with Gasteiger partial charge in [0.05, 0.1) is 12.2 Å². The number of unbranched alkanes of at least 4 members (excludes halogenated alkanes) is 1. The standard InChI is InChI=1S/C12H22Cl2O/c1-3-5-6-12-10(8-13)11(14)7-9(4-2)15-12/h9-12H,3-8H2,1-2H3/t9-,10-,11+,12+/m0/s1. The van der Waals surface area contributed by atoms with Crippen molar-refractivity contribution in [3.05, 3.63) is 0 Å². The molecule has 1 saturated heterocycles. The monoisotopic (exact) mass is 252 g/mol. The zero-order chi connectivity index (χ0) is 11.3. The molecule has 0 aromatic rings. The van der Waals surface area contributed by atoms with Crippen LogP contribution in [0.25, 0.3) is 0 Å². The highest BCUT2D eigenvalue weighted by Crippen LogP contribution is 2.33. The topological polar surface area (TPSA) is 9.23 Å². The molecular weight excluding hydrogens is 231 g/mol. The fraction of sp³-hybridized carbons (Fsp3) is 1.00. The number of halogens is 2. The molecule has 0 aliphatic carbocycles. The highest BCUT2D eigenvalue weighted by atomic mass is 35.5. The summed E-state index contributed by atoms with van der Waals surface area (Å²) >= 11 is 12.3. The van der Waals surface area contributed by atoms with E-state index < -0.39 is 0 Å². The van der Waals surface area contributed by atoms with Crippen molar-refractivity contribution in [3.8, 4) is 0 Å². The average Bonchev–Trinajstić information content (AvgIpc) is 2.25. The van der Waals surface area contributed by atoms with Gasteiger partial charge in [-0.1, -0.05) is 26.7 Å². The van der Waals surface area contributed by atoms with Crippen LogP contribution in [0, 0.1) is 5.92 Å². The zero-order valence-corrected chi connectivity index (χ0v) is 11.2. The van der Waals surface area contributed by atoms with Gasteiger partial charge in [-0.15, -0.1) is 23.2 Å². The molecule has 0 N–H and O–H groups in total. The molecule has 1 nitrogen and oxygen atoms in total. The normalized spacial score (nSPS) is 36.8. The van der Waals surface area contributed by atoms with Crippen molar-refractivity contribution < 1.29 is 4.74 Å². The third-order valence-electron chi connectivity index (χ3n) is 3.27. The summed E-state index contributed by atoms with van der Waals surface area (Å²) in [5, 5.41) is 0.197. The largest absolute Gasteiger partial charge is 0.375 e. The van der Waals surface area contributed by atoms with E-state index >= 15 is 0 Å². The van der Waals surface area contributed by atoms with Crippen LogP contribution in [0.15, 0.2) is 0 Å². The number of rotatable bonds is 5. The Balaban J connectivity index is 2.53. The molecule has 90 valence electrons. The summed E-state index contributed by atoms with van der Waals surface area (Å²) < 4.78 is 6.04. The molecule has 1 fully saturated rings. The molecule has 1 aliphatic heterocycles. The molecule has 1 rings (SSSR count). The fourth-order valence-electron chi connectivity index (χ4n) is 2.21. The number of alkyl halides is 2. The molecule has 0 bridgehead atoms. The van der Waals surface area contributed by atoms with Crippen molar-refractivity contribution >= 4 is 23.2 Å². The summed E-state index contributed by atoms with van der Waals surface area (Å²) in [5.41, 5.74) is 0. The van der Waals surface area contributed by atoms with Gasteiger partial charge in [-0.25, -0.2) is 0 Å². The van der Waals surface area contributed by atoms with Gasteiger partial charge in [0, 0.05) is 17.2 Å². The minimum atomic E-state index is 0.197. The Bertz CT molecular complexity index is 175. The van der Waals surface area contributed by atoms with Crippen molar-refractivity contribution in [2.45, 2.75) is 63.5 Å². The van der Waals surface area contributed by atoms with Crippen LogP contribution in [-0.4, -0.2) is 23.5 Å². The second-order valence-corrected chi connectivity index (χ2v) is 5.29.